The minimum absolute atomic E-state index is 0.00665. The molecule has 0 aliphatic carbocycles. The van der Waals surface area contributed by atoms with E-state index in [1.54, 1.807) is 66.7 Å². The third-order valence-electron chi connectivity index (χ3n) is 4.59. The van der Waals surface area contributed by atoms with Gasteiger partial charge in [0.05, 0.1) is 20.5 Å². The number of amides is 2. The maximum absolute atomic E-state index is 12.8. The molecule has 32 heavy (non-hydrogen) atoms. The van der Waals surface area contributed by atoms with Gasteiger partial charge in [-0.3, -0.25) is 19.7 Å². The van der Waals surface area contributed by atoms with Crippen LogP contribution in [0.25, 0.3) is 6.08 Å². The Morgan fingerprint density at radius 2 is 1.78 bits per heavy atom. The quantitative estimate of drug-likeness (QED) is 0.249. The number of non-ortho nitro benzene ring substituents is 1. The van der Waals surface area contributed by atoms with Gasteiger partial charge in [0.15, 0.2) is 0 Å². The maximum Gasteiger partial charge on any atom is 0.298 e. The second-order valence-corrected chi connectivity index (χ2v) is 8.15. The van der Waals surface area contributed by atoms with Crippen LogP contribution in [0.1, 0.15) is 11.1 Å². The summed E-state index contributed by atoms with van der Waals surface area (Å²) in [7, 11) is 0. The highest BCUT2D eigenvalue weighted by Crippen LogP contribution is 2.38. The lowest BCUT2D eigenvalue weighted by Crippen LogP contribution is -2.27. The highest BCUT2D eigenvalue weighted by molar-refractivity contribution is 8.19. The smallest absolute Gasteiger partial charge is 0.298 e. The SMILES string of the molecule is O=C1S/C(=C\c2ccc(OCc3cccc([N+](=O)[O-])c3)cc2)C(=O)N1c1ccccc1Cl. The minimum Gasteiger partial charge on any atom is -0.489 e. The number of nitro groups is 1. The van der Waals surface area contributed by atoms with Gasteiger partial charge in [0.25, 0.3) is 16.8 Å². The first-order chi connectivity index (χ1) is 15.4. The fourth-order valence-electron chi connectivity index (χ4n) is 3.05. The van der Waals surface area contributed by atoms with Crippen LogP contribution in [-0.4, -0.2) is 16.1 Å². The lowest BCUT2D eigenvalue weighted by molar-refractivity contribution is -0.384. The van der Waals surface area contributed by atoms with E-state index >= 15 is 0 Å². The van der Waals surface area contributed by atoms with Crippen LogP contribution in [0, 0.1) is 10.1 Å². The average molecular weight is 467 g/mol. The molecule has 3 aromatic carbocycles. The molecule has 0 aromatic heterocycles. The molecule has 0 bridgehead atoms. The first-order valence-corrected chi connectivity index (χ1v) is 10.6. The van der Waals surface area contributed by atoms with E-state index in [2.05, 4.69) is 0 Å². The van der Waals surface area contributed by atoms with Crippen LogP contribution >= 0.6 is 23.4 Å². The molecular formula is C23H15ClN2O5S. The predicted molar refractivity (Wildman–Crippen MR) is 124 cm³/mol. The molecule has 0 saturated carbocycles. The van der Waals surface area contributed by atoms with E-state index in [-0.39, 0.29) is 12.3 Å². The molecule has 0 N–H and O–H groups in total. The summed E-state index contributed by atoms with van der Waals surface area (Å²) in [4.78, 5) is 36.9. The molecule has 1 aliphatic heterocycles. The van der Waals surface area contributed by atoms with Crippen molar-refractivity contribution in [2.24, 2.45) is 0 Å². The van der Waals surface area contributed by atoms with E-state index in [1.807, 2.05) is 0 Å². The molecule has 0 atom stereocenters. The molecule has 1 heterocycles. The third-order valence-corrected chi connectivity index (χ3v) is 5.78. The largest absolute Gasteiger partial charge is 0.489 e. The van der Waals surface area contributed by atoms with E-state index < -0.39 is 16.1 Å². The molecule has 2 amide bonds. The number of hydrogen-bond donors (Lipinski definition) is 0. The van der Waals surface area contributed by atoms with Gasteiger partial charge in [-0.2, -0.15) is 0 Å². The highest BCUT2D eigenvalue weighted by atomic mass is 35.5. The van der Waals surface area contributed by atoms with Crippen molar-refractivity contribution in [1.82, 2.24) is 0 Å². The number of rotatable bonds is 6. The number of nitro benzene ring substituents is 1. The monoisotopic (exact) mass is 466 g/mol. The van der Waals surface area contributed by atoms with E-state index in [0.29, 0.717) is 26.9 Å². The van der Waals surface area contributed by atoms with Crippen LogP contribution < -0.4 is 9.64 Å². The number of nitrogens with zero attached hydrogens (tertiary/aromatic N) is 2. The predicted octanol–water partition coefficient (Wildman–Crippen LogP) is 6.07. The van der Waals surface area contributed by atoms with Crippen LogP contribution in [0.5, 0.6) is 5.75 Å². The average Bonchev–Trinajstić information content (AvgIpc) is 3.06. The molecule has 9 heteroatoms. The molecule has 7 nitrogen and oxygen atoms in total. The van der Waals surface area contributed by atoms with Crippen molar-refractivity contribution < 1.29 is 19.2 Å². The molecule has 1 fully saturated rings. The van der Waals surface area contributed by atoms with Gasteiger partial charge in [0.2, 0.25) is 0 Å². The summed E-state index contributed by atoms with van der Waals surface area (Å²) in [5.41, 5.74) is 1.76. The Bertz CT molecular complexity index is 1240. The summed E-state index contributed by atoms with van der Waals surface area (Å²) in [6, 6.07) is 19.9. The minimum atomic E-state index is -0.453. The van der Waals surface area contributed by atoms with Crippen LogP contribution in [-0.2, 0) is 11.4 Å². The molecule has 0 radical (unpaired) electrons. The standard InChI is InChI=1S/C23H15ClN2O5S/c24-19-6-1-2-7-20(19)25-22(27)21(32-23(25)28)13-15-8-10-18(11-9-15)31-14-16-4-3-5-17(12-16)26(29)30/h1-13H,14H2/b21-13-. The second kappa shape index (κ2) is 9.25. The molecular weight excluding hydrogens is 452 g/mol. The third kappa shape index (κ3) is 4.66. The van der Waals surface area contributed by atoms with Crippen molar-refractivity contribution >= 4 is 52.0 Å². The van der Waals surface area contributed by atoms with Gasteiger partial charge in [-0.25, -0.2) is 4.90 Å². The number of thioether (sulfide) groups is 1. The molecule has 4 rings (SSSR count). The lowest BCUT2D eigenvalue weighted by atomic mass is 10.2. The van der Waals surface area contributed by atoms with Gasteiger partial charge in [-0.15, -0.1) is 0 Å². The number of carbonyl (C=O) groups excluding carboxylic acids is 2. The highest BCUT2D eigenvalue weighted by Gasteiger charge is 2.37. The fraction of sp³-hybridized carbons (Fsp3) is 0.0435. The first kappa shape index (κ1) is 21.6. The van der Waals surface area contributed by atoms with Crippen molar-refractivity contribution in [2.75, 3.05) is 4.90 Å². The summed E-state index contributed by atoms with van der Waals surface area (Å²) in [5.74, 6) is 0.136. The van der Waals surface area contributed by atoms with Crippen molar-refractivity contribution in [1.29, 1.82) is 0 Å². The van der Waals surface area contributed by atoms with Gasteiger partial charge >= 0.3 is 0 Å². The summed E-state index contributed by atoms with van der Waals surface area (Å²) in [6.07, 6.45) is 1.63. The van der Waals surface area contributed by atoms with Crippen molar-refractivity contribution in [2.45, 2.75) is 6.61 Å². The van der Waals surface area contributed by atoms with Gasteiger partial charge in [-0.1, -0.05) is 48.0 Å². The van der Waals surface area contributed by atoms with Crippen molar-refractivity contribution in [3.63, 3.8) is 0 Å². The van der Waals surface area contributed by atoms with Crippen molar-refractivity contribution in [3.8, 4) is 5.75 Å². The van der Waals surface area contributed by atoms with Crippen LogP contribution in [0.15, 0.2) is 77.7 Å². The van der Waals surface area contributed by atoms with Gasteiger partial charge in [0.1, 0.15) is 12.4 Å². The molecule has 0 unspecified atom stereocenters. The molecule has 1 aliphatic rings. The Morgan fingerprint density at radius 3 is 2.50 bits per heavy atom. The summed E-state index contributed by atoms with van der Waals surface area (Å²) in [6.45, 7) is 0.178. The molecule has 160 valence electrons. The zero-order valence-corrected chi connectivity index (χ0v) is 18.0. The summed E-state index contributed by atoms with van der Waals surface area (Å²) >= 11 is 6.99. The number of anilines is 1. The summed E-state index contributed by atoms with van der Waals surface area (Å²) in [5, 5.41) is 10.8. The van der Waals surface area contributed by atoms with Crippen LogP contribution in [0.2, 0.25) is 5.02 Å². The summed E-state index contributed by atoms with van der Waals surface area (Å²) < 4.78 is 5.69. The Hall–Kier alpha value is -3.62. The van der Waals surface area contributed by atoms with E-state index in [0.717, 1.165) is 22.2 Å². The van der Waals surface area contributed by atoms with E-state index in [4.69, 9.17) is 16.3 Å². The normalized spacial score (nSPS) is 14.8. The number of carbonyl (C=O) groups is 2. The number of halogens is 1. The van der Waals surface area contributed by atoms with Crippen LogP contribution in [0.4, 0.5) is 16.2 Å². The number of ether oxygens (including phenoxy) is 1. The van der Waals surface area contributed by atoms with Crippen molar-refractivity contribution in [3.05, 3.63) is 104 Å². The fourth-order valence-corrected chi connectivity index (χ4v) is 4.10. The second-order valence-electron chi connectivity index (χ2n) is 6.75. The zero-order chi connectivity index (χ0) is 22.7. The Labute approximate surface area is 192 Å². The number of imide groups is 1. The molecule has 0 spiro atoms. The topological polar surface area (TPSA) is 89.7 Å². The van der Waals surface area contributed by atoms with E-state index in [9.17, 15) is 19.7 Å². The number of hydrogen-bond acceptors (Lipinski definition) is 6. The van der Waals surface area contributed by atoms with E-state index in [1.165, 1.54) is 12.1 Å². The van der Waals surface area contributed by atoms with Gasteiger partial charge in [0, 0.05) is 12.1 Å². The number of benzene rings is 3. The van der Waals surface area contributed by atoms with Crippen LogP contribution in [0.3, 0.4) is 0 Å². The Balaban J connectivity index is 1.45. The Morgan fingerprint density at radius 1 is 1.03 bits per heavy atom. The van der Waals surface area contributed by atoms with Gasteiger partial charge in [-0.05, 0) is 53.2 Å². The Kier molecular flexibility index (Phi) is 6.25. The maximum atomic E-state index is 12.8. The molecule has 1 saturated heterocycles. The van der Waals surface area contributed by atoms with Gasteiger partial charge < -0.3 is 4.74 Å². The zero-order valence-electron chi connectivity index (χ0n) is 16.4. The number of para-hydroxylation sites is 1. The lowest BCUT2D eigenvalue weighted by Gasteiger charge is -2.13. The molecule has 3 aromatic rings. The first-order valence-electron chi connectivity index (χ1n) is 9.41.